The van der Waals surface area contributed by atoms with E-state index in [-0.39, 0.29) is 11.5 Å². The molecule has 8 heteroatoms. The minimum absolute atomic E-state index is 0.211. The maximum absolute atomic E-state index is 12.4. The van der Waals surface area contributed by atoms with E-state index in [2.05, 4.69) is 21.0 Å². The van der Waals surface area contributed by atoms with Gasteiger partial charge in [0.05, 0.1) is 11.1 Å². The lowest BCUT2D eigenvalue weighted by Gasteiger charge is -2.43. The molecule has 4 rings (SSSR count). The molecule has 2 aromatic rings. The molecule has 1 aliphatic carbocycles. The quantitative estimate of drug-likeness (QED) is 0.612. The van der Waals surface area contributed by atoms with E-state index in [9.17, 15) is 4.79 Å². The van der Waals surface area contributed by atoms with Crippen molar-refractivity contribution < 1.29 is 9.53 Å². The molecule has 1 amide bonds. The molecule has 2 aromatic heterocycles. The number of aromatic amines is 1. The standard InChI is InChI=1S/C23H32N6O2/c1-14(24)16-17-19(25)26-13-27-20(17)28-18(16)15-5-7-23(8-6-15)9-11-29(12-10-23)21(30)31-22(2,3)4/h5,13,24H,6-12H2,1-4H3,(H3,25,26,27,28). The highest BCUT2D eigenvalue weighted by Crippen LogP contribution is 2.46. The van der Waals surface area contributed by atoms with Gasteiger partial charge in [-0.25, -0.2) is 14.8 Å². The number of carbonyl (C=O) groups excluding carboxylic acids is 1. The third kappa shape index (κ3) is 4.16. The van der Waals surface area contributed by atoms with Crippen LogP contribution >= 0.6 is 0 Å². The average molecular weight is 425 g/mol. The SMILES string of the molecule is CC(=N)c1c(C2=CCC3(CC2)CCN(C(=O)OC(C)(C)C)CC3)[nH]c2ncnc(N)c12. The topological polar surface area (TPSA) is 121 Å². The van der Waals surface area contributed by atoms with Gasteiger partial charge in [0, 0.05) is 24.4 Å². The Morgan fingerprint density at radius 3 is 2.55 bits per heavy atom. The summed E-state index contributed by atoms with van der Waals surface area (Å²) in [6.07, 6.45) is 8.46. The zero-order valence-electron chi connectivity index (χ0n) is 18.8. The number of carbonyl (C=O) groups is 1. The first-order valence-corrected chi connectivity index (χ1v) is 10.9. The Morgan fingerprint density at radius 2 is 1.97 bits per heavy atom. The first-order chi connectivity index (χ1) is 14.6. The summed E-state index contributed by atoms with van der Waals surface area (Å²) in [6, 6.07) is 0. The summed E-state index contributed by atoms with van der Waals surface area (Å²) >= 11 is 0. The summed E-state index contributed by atoms with van der Waals surface area (Å²) in [4.78, 5) is 26.0. The van der Waals surface area contributed by atoms with E-state index in [1.807, 2.05) is 25.7 Å². The van der Waals surface area contributed by atoms with Gasteiger partial charge < -0.3 is 25.8 Å². The second-order valence-corrected chi connectivity index (χ2v) is 9.88. The van der Waals surface area contributed by atoms with Crippen LogP contribution in [0.5, 0.6) is 0 Å². The summed E-state index contributed by atoms with van der Waals surface area (Å²) in [6.45, 7) is 8.95. The smallest absolute Gasteiger partial charge is 0.410 e. The van der Waals surface area contributed by atoms with Crippen molar-refractivity contribution >= 4 is 34.2 Å². The number of fused-ring (bicyclic) bond motifs is 1. The van der Waals surface area contributed by atoms with Gasteiger partial charge in [0.15, 0.2) is 0 Å². The summed E-state index contributed by atoms with van der Waals surface area (Å²) < 4.78 is 5.53. The third-order valence-electron chi connectivity index (χ3n) is 6.50. The molecule has 31 heavy (non-hydrogen) atoms. The van der Waals surface area contributed by atoms with Crippen LogP contribution in [0.3, 0.4) is 0 Å². The first kappa shape index (κ1) is 21.3. The van der Waals surface area contributed by atoms with E-state index in [4.69, 9.17) is 15.9 Å². The number of rotatable bonds is 2. The van der Waals surface area contributed by atoms with E-state index in [0.29, 0.717) is 17.2 Å². The largest absolute Gasteiger partial charge is 0.444 e. The number of nitrogen functional groups attached to an aromatic ring is 1. The third-order valence-corrected chi connectivity index (χ3v) is 6.50. The molecule has 1 spiro atoms. The number of nitrogens with one attached hydrogen (secondary N) is 2. The molecule has 1 fully saturated rings. The molecule has 2 aliphatic rings. The van der Waals surface area contributed by atoms with E-state index < -0.39 is 5.60 Å². The summed E-state index contributed by atoms with van der Waals surface area (Å²) in [5, 5.41) is 9.03. The number of hydrogen-bond acceptors (Lipinski definition) is 6. The van der Waals surface area contributed by atoms with Crippen LogP contribution in [0.2, 0.25) is 0 Å². The molecule has 166 valence electrons. The van der Waals surface area contributed by atoms with Gasteiger partial charge in [-0.15, -0.1) is 0 Å². The van der Waals surface area contributed by atoms with E-state index in [1.165, 1.54) is 11.9 Å². The van der Waals surface area contributed by atoms with Gasteiger partial charge in [0.2, 0.25) is 0 Å². The van der Waals surface area contributed by atoms with Crippen LogP contribution in [0.4, 0.5) is 10.6 Å². The Morgan fingerprint density at radius 1 is 1.26 bits per heavy atom. The highest BCUT2D eigenvalue weighted by molar-refractivity contribution is 6.13. The van der Waals surface area contributed by atoms with Crippen LogP contribution in [0.1, 0.15) is 71.1 Å². The Balaban J connectivity index is 1.51. The van der Waals surface area contributed by atoms with Gasteiger partial charge >= 0.3 is 6.09 Å². The Labute approximate surface area is 182 Å². The average Bonchev–Trinajstić information content (AvgIpc) is 3.09. The molecule has 1 aliphatic heterocycles. The monoisotopic (exact) mass is 424 g/mol. The summed E-state index contributed by atoms with van der Waals surface area (Å²) in [5.41, 5.74) is 9.94. The van der Waals surface area contributed by atoms with Crippen molar-refractivity contribution in [1.82, 2.24) is 19.9 Å². The normalized spacial score (nSPS) is 18.8. The van der Waals surface area contributed by atoms with Crippen LogP contribution < -0.4 is 5.73 Å². The number of nitrogens with zero attached hydrogens (tertiary/aromatic N) is 3. The molecule has 8 nitrogen and oxygen atoms in total. The zero-order valence-corrected chi connectivity index (χ0v) is 18.8. The molecule has 0 unspecified atom stereocenters. The van der Waals surface area contributed by atoms with Crippen molar-refractivity contribution in [1.29, 1.82) is 5.41 Å². The predicted molar refractivity (Wildman–Crippen MR) is 122 cm³/mol. The number of H-pyrrole nitrogens is 1. The fraction of sp³-hybridized carbons (Fsp3) is 0.565. The van der Waals surface area contributed by atoms with Crippen LogP contribution in [0, 0.1) is 10.8 Å². The van der Waals surface area contributed by atoms with Gasteiger partial charge in [-0.1, -0.05) is 6.08 Å². The number of allylic oxidation sites excluding steroid dienone is 2. The number of hydrogen-bond donors (Lipinski definition) is 3. The second kappa shape index (κ2) is 7.66. The highest BCUT2D eigenvalue weighted by Gasteiger charge is 2.38. The van der Waals surface area contributed by atoms with Crippen LogP contribution in [-0.2, 0) is 4.74 Å². The van der Waals surface area contributed by atoms with Crippen molar-refractivity contribution in [3.8, 4) is 0 Å². The molecule has 0 atom stereocenters. The molecular weight excluding hydrogens is 392 g/mol. The molecule has 3 heterocycles. The van der Waals surface area contributed by atoms with Crippen molar-refractivity contribution in [2.75, 3.05) is 18.8 Å². The van der Waals surface area contributed by atoms with Crippen LogP contribution in [0.15, 0.2) is 12.4 Å². The molecule has 0 aromatic carbocycles. The minimum atomic E-state index is -0.466. The Hall–Kier alpha value is -2.90. The zero-order chi connectivity index (χ0) is 22.4. The summed E-state index contributed by atoms with van der Waals surface area (Å²) in [5.74, 6) is 0.400. The van der Waals surface area contributed by atoms with Crippen molar-refractivity contribution in [3.63, 3.8) is 0 Å². The fourth-order valence-corrected chi connectivity index (χ4v) is 4.78. The number of piperidine rings is 1. The van der Waals surface area contributed by atoms with E-state index >= 15 is 0 Å². The number of ether oxygens (including phenoxy) is 1. The summed E-state index contributed by atoms with van der Waals surface area (Å²) in [7, 11) is 0. The van der Waals surface area contributed by atoms with Gasteiger partial charge in [0.25, 0.3) is 0 Å². The van der Waals surface area contributed by atoms with Crippen LogP contribution in [-0.4, -0.2) is 50.3 Å². The minimum Gasteiger partial charge on any atom is -0.444 e. The predicted octanol–water partition coefficient (Wildman–Crippen LogP) is 4.51. The number of anilines is 1. The highest BCUT2D eigenvalue weighted by atomic mass is 16.6. The first-order valence-electron chi connectivity index (χ1n) is 10.9. The lowest BCUT2D eigenvalue weighted by atomic mass is 9.68. The van der Waals surface area contributed by atoms with Crippen LogP contribution in [0.25, 0.3) is 16.6 Å². The number of likely N-dealkylation sites (tertiary alicyclic amines) is 1. The molecule has 4 N–H and O–H groups in total. The molecule has 0 bridgehead atoms. The molecule has 0 radical (unpaired) electrons. The fourth-order valence-electron chi connectivity index (χ4n) is 4.78. The van der Waals surface area contributed by atoms with E-state index in [1.54, 1.807) is 6.92 Å². The maximum Gasteiger partial charge on any atom is 0.410 e. The van der Waals surface area contributed by atoms with Gasteiger partial charge in [-0.3, -0.25) is 0 Å². The van der Waals surface area contributed by atoms with Gasteiger partial charge in [0.1, 0.15) is 23.4 Å². The molecule has 0 saturated carbocycles. The van der Waals surface area contributed by atoms with Crippen molar-refractivity contribution in [2.45, 2.75) is 65.4 Å². The van der Waals surface area contributed by atoms with Gasteiger partial charge in [-0.2, -0.15) is 0 Å². The second-order valence-electron chi connectivity index (χ2n) is 9.88. The van der Waals surface area contributed by atoms with Gasteiger partial charge in [-0.05, 0) is 70.8 Å². The number of amides is 1. The van der Waals surface area contributed by atoms with E-state index in [0.717, 1.165) is 61.8 Å². The molecule has 1 saturated heterocycles. The maximum atomic E-state index is 12.4. The number of aromatic nitrogens is 3. The Bertz CT molecular complexity index is 1050. The molecular formula is C23H32N6O2. The lowest BCUT2D eigenvalue weighted by molar-refractivity contribution is 0.00896. The Kier molecular flexibility index (Phi) is 5.27. The van der Waals surface area contributed by atoms with Crippen molar-refractivity contribution in [3.05, 3.63) is 23.7 Å². The lowest BCUT2D eigenvalue weighted by Crippen LogP contribution is -2.45. The number of nitrogens with two attached hydrogens (primary N) is 1. The van der Waals surface area contributed by atoms with Crippen molar-refractivity contribution in [2.24, 2.45) is 5.41 Å².